The van der Waals surface area contributed by atoms with Gasteiger partial charge < -0.3 is 9.47 Å². The second-order valence-electron chi connectivity index (χ2n) is 6.56. The van der Waals surface area contributed by atoms with Gasteiger partial charge in [0.1, 0.15) is 0 Å². The van der Waals surface area contributed by atoms with Crippen molar-refractivity contribution in [2.45, 2.75) is 69.4 Å². The Kier molecular flexibility index (Phi) is 3.22. The zero-order chi connectivity index (χ0) is 14.6. The molecule has 2 heterocycles. The summed E-state index contributed by atoms with van der Waals surface area (Å²) in [5.74, 6) is 0.341. The van der Waals surface area contributed by atoms with Crippen LogP contribution in [0.15, 0.2) is 11.6 Å². The quantitative estimate of drug-likeness (QED) is 0.580. The lowest BCUT2D eigenvalue weighted by Crippen LogP contribution is -2.39. The molecule has 2 saturated heterocycles. The van der Waals surface area contributed by atoms with Crippen molar-refractivity contribution >= 4 is 0 Å². The van der Waals surface area contributed by atoms with Gasteiger partial charge in [0.2, 0.25) is 0 Å². The molecule has 2 nitrogen and oxygen atoms in total. The van der Waals surface area contributed by atoms with Crippen LogP contribution in [0, 0.1) is 5.92 Å². The van der Waals surface area contributed by atoms with Crippen LogP contribution in [0.1, 0.15) is 46.0 Å². The van der Waals surface area contributed by atoms with E-state index in [0.717, 1.165) is 26.4 Å². The number of halogens is 3. The standard InChI is InChI=1S/C15H21F3O2/c1-10(15(16,17)18)6-7-12-13(2,20-12)11-5-3-4-8-14(11)9-19-14/h6,11-12H,3-5,7-9H2,1-2H3/b10-6+/t11?,12?,13-,14-/m0/s1. The summed E-state index contributed by atoms with van der Waals surface area (Å²) in [6.45, 7) is 3.94. The summed E-state index contributed by atoms with van der Waals surface area (Å²) in [4.78, 5) is 0. The van der Waals surface area contributed by atoms with Gasteiger partial charge >= 0.3 is 6.18 Å². The van der Waals surface area contributed by atoms with Gasteiger partial charge in [0.15, 0.2) is 0 Å². The van der Waals surface area contributed by atoms with E-state index in [0.29, 0.717) is 12.3 Å². The second-order valence-corrected chi connectivity index (χ2v) is 6.56. The highest BCUT2D eigenvalue weighted by molar-refractivity contribution is 5.18. The van der Waals surface area contributed by atoms with E-state index in [4.69, 9.17) is 9.47 Å². The molecule has 3 fully saturated rings. The van der Waals surface area contributed by atoms with Crippen molar-refractivity contribution in [3.8, 4) is 0 Å². The molecule has 1 aliphatic carbocycles. The molecule has 2 aliphatic heterocycles. The number of allylic oxidation sites excluding steroid dienone is 1. The van der Waals surface area contributed by atoms with Crippen molar-refractivity contribution in [2.24, 2.45) is 5.92 Å². The van der Waals surface area contributed by atoms with Crippen LogP contribution in [0.3, 0.4) is 0 Å². The van der Waals surface area contributed by atoms with Crippen molar-refractivity contribution in [3.05, 3.63) is 11.6 Å². The summed E-state index contributed by atoms with van der Waals surface area (Å²) >= 11 is 0. The van der Waals surface area contributed by atoms with E-state index in [9.17, 15) is 13.2 Å². The molecule has 0 aromatic carbocycles. The van der Waals surface area contributed by atoms with Crippen LogP contribution in [0.2, 0.25) is 0 Å². The molecule has 20 heavy (non-hydrogen) atoms. The summed E-state index contributed by atoms with van der Waals surface area (Å²) in [5, 5.41) is 0. The van der Waals surface area contributed by atoms with E-state index in [1.54, 1.807) is 0 Å². The fraction of sp³-hybridized carbons (Fsp3) is 0.867. The summed E-state index contributed by atoms with van der Waals surface area (Å²) in [7, 11) is 0. The van der Waals surface area contributed by atoms with Crippen LogP contribution in [-0.4, -0.2) is 30.1 Å². The number of epoxide rings is 2. The molecule has 5 heteroatoms. The van der Waals surface area contributed by atoms with Gasteiger partial charge in [-0.15, -0.1) is 0 Å². The minimum absolute atomic E-state index is 0.0233. The molecule has 0 radical (unpaired) electrons. The molecule has 0 amide bonds. The molecule has 1 spiro atoms. The highest BCUT2D eigenvalue weighted by Gasteiger charge is 2.67. The lowest BCUT2D eigenvalue weighted by molar-refractivity contribution is -0.0915. The zero-order valence-electron chi connectivity index (χ0n) is 11.9. The van der Waals surface area contributed by atoms with Crippen molar-refractivity contribution in [1.29, 1.82) is 0 Å². The highest BCUT2D eigenvalue weighted by Crippen LogP contribution is 2.58. The second kappa shape index (κ2) is 4.47. The zero-order valence-corrected chi connectivity index (χ0v) is 11.9. The first-order valence-electron chi connectivity index (χ1n) is 7.34. The molecule has 0 bridgehead atoms. The normalized spacial score (nSPS) is 44.8. The van der Waals surface area contributed by atoms with E-state index in [-0.39, 0.29) is 17.3 Å². The van der Waals surface area contributed by atoms with E-state index in [1.165, 1.54) is 18.9 Å². The van der Waals surface area contributed by atoms with Crippen LogP contribution in [0.25, 0.3) is 0 Å². The molecule has 3 aliphatic rings. The number of ether oxygens (including phenoxy) is 2. The Bertz CT molecular complexity index is 425. The average Bonchev–Trinajstić information content (AvgIpc) is 3.26. The average molecular weight is 290 g/mol. The van der Waals surface area contributed by atoms with Gasteiger partial charge in [-0.05, 0) is 33.1 Å². The summed E-state index contributed by atoms with van der Waals surface area (Å²) < 4.78 is 48.9. The third-order valence-corrected chi connectivity index (χ3v) is 5.25. The fourth-order valence-corrected chi connectivity index (χ4v) is 3.72. The van der Waals surface area contributed by atoms with E-state index in [2.05, 4.69) is 0 Å². The SMILES string of the molecule is C/C(=C\CC1O[C@@]1(C)C1CCCC[C@]12CO2)C(F)(F)F. The molecule has 1 saturated carbocycles. The van der Waals surface area contributed by atoms with Crippen LogP contribution in [0.4, 0.5) is 13.2 Å². The lowest BCUT2D eigenvalue weighted by atomic mass is 9.71. The molecule has 4 atom stereocenters. The topological polar surface area (TPSA) is 25.1 Å². The van der Waals surface area contributed by atoms with Crippen molar-refractivity contribution in [1.82, 2.24) is 0 Å². The predicted molar refractivity (Wildman–Crippen MR) is 68.3 cm³/mol. The Morgan fingerprint density at radius 2 is 2.05 bits per heavy atom. The van der Waals surface area contributed by atoms with E-state index in [1.807, 2.05) is 6.92 Å². The first-order valence-corrected chi connectivity index (χ1v) is 7.34. The molecule has 2 unspecified atom stereocenters. The molecular formula is C15H21F3O2. The van der Waals surface area contributed by atoms with Crippen LogP contribution < -0.4 is 0 Å². The maximum atomic E-state index is 12.5. The maximum Gasteiger partial charge on any atom is 0.412 e. The van der Waals surface area contributed by atoms with Crippen LogP contribution >= 0.6 is 0 Å². The van der Waals surface area contributed by atoms with Gasteiger partial charge in [-0.25, -0.2) is 0 Å². The van der Waals surface area contributed by atoms with Gasteiger partial charge in [0.25, 0.3) is 0 Å². The van der Waals surface area contributed by atoms with E-state index >= 15 is 0 Å². The fourth-order valence-electron chi connectivity index (χ4n) is 3.72. The Labute approximate surface area is 117 Å². The molecule has 0 aromatic heterocycles. The monoisotopic (exact) mass is 290 g/mol. The van der Waals surface area contributed by atoms with Gasteiger partial charge in [0, 0.05) is 11.5 Å². The van der Waals surface area contributed by atoms with E-state index < -0.39 is 11.7 Å². The van der Waals surface area contributed by atoms with Crippen LogP contribution in [-0.2, 0) is 9.47 Å². The Hall–Kier alpha value is -0.550. The predicted octanol–water partition coefficient (Wildman–Crippen LogP) is 4.00. The van der Waals surface area contributed by atoms with Gasteiger partial charge in [-0.3, -0.25) is 0 Å². The Morgan fingerprint density at radius 3 is 2.65 bits per heavy atom. The first-order chi connectivity index (χ1) is 9.28. The Morgan fingerprint density at radius 1 is 1.35 bits per heavy atom. The Balaban J connectivity index is 1.62. The number of hydrogen-bond donors (Lipinski definition) is 0. The summed E-state index contributed by atoms with van der Waals surface area (Å²) in [6.07, 6.45) is 1.77. The van der Waals surface area contributed by atoms with Crippen molar-refractivity contribution in [2.75, 3.05) is 6.61 Å². The summed E-state index contributed by atoms with van der Waals surface area (Å²) in [5.41, 5.74) is -0.847. The number of rotatable bonds is 3. The van der Waals surface area contributed by atoms with Gasteiger partial charge in [-0.2, -0.15) is 13.2 Å². The molecule has 114 valence electrons. The molecule has 0 aromatic rings. The molecular weight excluding hydrogens is 269 g/mol. The number of alkyl halides is 3. The first kappa shape index (κ1) is 14.4. The maximum absolute atomic E-state index is 12.5. The molecule has 3 rings (SSSR count). The van der Waals surface area contributed by atoms with Crippen molar-refractivity contribution in [3.63, 3.8) is 0 Å². The van der Waals surface area contributed by atoms with Gasteiger partial charge in [0.05, 0.1) is 23.9 Å². The minimum Gasteiger partial charge on any atom is -0.369 e. The largest absolute Gasteiger partial charge is 0.412 e. The van der Waals surface area contributed by atoms with Crippen molar-refractivity contribution < 1.29 is 22.6 Å². The molecule has 0 N–H and O–H groups in total. The highest BCUT2D eigenvalue weighted by atomic mass is 19.4. The van der Waals surface area contributed by atoms with Gasteiger partial charge in [-0.1, -0.05) is 18.9 Å². The minimum atomic E-state index is -4.23. The lowest BCUT2D eigenvalue weighted by Gasteiger charge is -2.32. The van der Waals surface area contributed by atoms with Crippen LogP contribution in [0.5, 0.6) is 0 Å². The number of hydrogen-bond acceptors (Lipinski definition) is 2. The summed E-state index contributed by atoms with van der Waals surface area (Å²) in [6, 6.07) is 0. The smallest absolute Gasteiger partial charge is 0.369 e. The third kappa shape index (κ3) is 2.39. The third-order valence-electron chi connectivity index (χ3n) is 5.25.